The second-order valence-electron chi connectivity index (χ2n) is 9.39. The number of carbonyl (C=O) groups excluding carboxylic acids is 3. The quantitative estimate of drug-likeness (QED) is 0.585. The normalized spacial score (nSPS) is 29.3. The number of hydrogen-bond donors (Lipinski definition) is 2. The highest BCUT2D eigenvalue weighted by molar-refractivity contribution is 5.85. The number of esters is 2. The van der Waals surface area contributed by atoms with Gasteiger partial charge in [0.1, 0.15) is 19.3 Å². The van der Waals surface area contributed by atoms with Gasteiger partial charge in [0, 0.05) is 6.42 Å². The number of nitrogens with one attached hydrogen (secondary N) is 1. The highest BCUT2D eigenvalue weighted by atomic mass is 16.5. The first-order valence-electron chi connectivity index (χ1n) is 11.4. The number of amides is 1. The first-order chi connectivity index (χ1) is 15.0. The Balaban J connectivity index is 1.12. The van der Waals surface area contributed by atoms with Crippen molar-refractivity contribution in [3.8, 4) is 0 Å². The Labute approximate surface area is 183 Å². The van der Waals surface area contributed by atoms with Crippen LogP contribution in [-0.2, 0) is 30.5 Å². The lowest BCUT2D eigenvalue weighted by molar-refractivity contribution is -0.170. The Bertz CT molecular complexity index is 768. The zero-order valence-electron chi connectivity index (χ0n) is 17.8. The summed E-state index contributed by atoms with van der Waals surface area (Å²) in [5, 5.41) is 2.48. The van der Waals surface area contributed by atoms with E-state index in [0.717, 1.165) is 17.4 Å². The minimum absolute atomic E-state index is 0.0461. The van der Waals surface area contributed by atoms with E-state index in [9.17, 15) is 14.4 Å². The smallest absolute Gasteiger partial charge is 0.325 e. The van der Waals surface area contributed by atoms with Gasteiger partial charge >= 0.3 is 11.9 Å². The van der Waals surface area contributed by atoms with Crippen molar-refractivity contribution in [2.75, 3.05) is 6.54 Å². The summed E-state index contributed by atoms with van der Waals surface area (Å²) in [5.74, 6) is 1.40. The van der Waals surface area contributed by atoms with E-state index in [-0.39, 0.29) is 38.1 Å². The molecule has 0 saturated heterocycles. The molecule has 1 amide bonds. The summed E-state index contributed by atoms with van der Waals surface area (Å²) in [4.78, 5) is 36.3. The number of benzene rings is 1. The zero-order chi connectivity index (χ0) is 21.8. The predicted molar refractivity (Wildman–Crippen MR) is 113 cm³/mol. The van der Waals surface area contributed by atoms with E-state index in [1.54, 1.807) is 0 Å². The molecule has 1 aromatic carbocycles. The summed E-state index contributed by atoms with van der Waals surface area (Å²) in [6, 6.07) is 8.43. The third-order valence-electron chi connectivity index (χ3n) is 7.05. The molecule has 0 unspecified atom stereocenters. The van der Waals surface area contributed by atoms with Gasteiger partial charge in [-0.2, -0.15) is 0 Å². The molecule has 4 fully saturated rings. The Morgan fingerprint density at radius 2 is 1.61 bits per heavy atom. The standard InChI is InChI=1S/C24H32N2O5/c25-20(24(29)26-13-22(28)30-14-15-4-2-1-3-5-15)6-7-21(27)31-23-18-9-16-8-17(11-18)12-19(23)10-16/h1-5,16-20,23H,6-14,25H2,(H,26,29)/t16?,17?,18?,19?,20-,23?/m0/s1. The summed E-state index contributed by atoms with van der Waals surface area (Å²) >= 11 is 0. The van der Waals surface area contributed by atoms with Gasteiger partial charge in [-0.25, -0.2) is 0 Å². The van der Waals surface area contributed by atoms with Crippen LogP contribution in [0.3, 0.4) is 0 Å². The third-order valence-corrected chi connectivity index (χ3v) is 7.05. The highest BCUT2D eigenvalue weighted by Crippen LogP contribution is 2.54. The molecule has 4 aliphatic carbocycles. The van der Waals surface area contributed by atoms with Crippen molar-refractivity contribution in [1.82, 2.24) is 5.32 Å². The minimum atomic E-state index is -0.868. The van der Waals surface area contributed by atoms with Gasteiger partial charge in [-0.05, 0) is 67.8 Å². The van der Waals surface area contributed by atoms with Gasteiger partial charge in [-0.1, -0.05) is 30.3 Å². The molecule has 4 saturated carbocycles. The van der Waals surface area contributed by atoms with Gasteiger partial charge in [-0.15, -0.1) is 0 Å². The number of carbonyl (C=O) groups is 3. The molecule has 168 valence electrons. The summed E-state index contributed by atoms with van der Waals surface area (Å²) in [6.45, 7) is -0.102. The molecular formula is C24H32N2O5. The number of nitrogens with two attached hydrogens (primary N) is 1. The van der Waals surface area contributed by atoms with E-state index in [1.165, 1.54) is 32.1 Å². The van der Waals surface area contributed by atoms with Gasteiger partial charge in [0.2, 0.25) is 5.91 Å². The maximum atomic E-state index is 12.4. The van der Waals surface area contributed by atoms with Gasteiger partial charge in [0.05, 0.1) is 6.04 Å². The summed E-state index contributed by atoms with van der Waals surface area (Å²) in [5.41, 5.74) is 6.77. The Morgan fingerprint density at radius 1 is 0.968 bits per heavy atom. The first kappa shape index (κ1) is 21.8. The second-order valence-corrected chi connectivity index (χ2v) is 9.39. The lowest BCUT2D eigenvalue weighted by atomic mass is 9.55. The molecule has 0 radical (unpaired) electrons. The lowest BCUT2D eigenvalue weighted by Gasteiger charge is -2.53. The van der Waals surface area contributed by atoms with Crippen molar-refractivity contribution < 1.29 is 23.9 Å². The van der Waals surface area contributed by atoms with Crippen LogP contribution in [0.15, 0.2) is 30.3 Å². The molecule has 1 atom stereocenters. The molecule has 31 heavy (non-hydrogen) atoms. The van der Waals surface area contributed by atoms with Gasteiger partial charge < -0.3 is 20.5 Å². The third kappa shape index (κ3) is 5.64. The van der Waals surface area contributed by atoms with Crippen molar-refractivity contribution in [3.63, 3.8) is 0 Å². The van der Waals surface area contributed by atoms with Crippen LogP contribution in [0.2, 0.25) is 0 Å². The average Bonchev–Trinajstić information content (AvgIpc) is 2.77. The molecule has 4 aliphatic rings. The molecule has 7 nitrogen and oxygen atoms in total. The van der Waals surface area contributed by atoms with E-state index >= 15 is 0 Å². The van der Waals surface area contributed by atoms with Crippen LogP contribution in [0.5, 0.6) is 0 Å². The summed E-state index contributed by atoms with van der Waals surface area (Å²) in [7, 11) is 0. The van der Waals surface area contributed by atoms with Crippen molar-refractivity contribution in [2.24, 2.45) is 29.4 Å². The molecule has 0 spiro atoms. The van der Waals surface area contributed by atoms with Crippen molar-refractivity contribution in [1.29, 1.82) is 0 Å². The summed E-state index contributed by atoms with van der Waals surface area (Å²) < 4.78 is 10.9. The van der Waals surface area contributed by atoms with Crippen LogP contribution in [0.1, 0.15) is 50.5 Å². The molecule has 7 heteroatoms. The van der Waals surface area contributed by atoms with Crippen LogP contribution in [0.4, 0.5) is 0 Å². The van der Waals surface area contributed by atoms with E-state index < -0.39 is 17.9 Å². The van der Waals surface area contributed by atoms with Crippen LogP contribution in [0.25, 0.3) is 0 Å². The number of ether oxygens (including phenoxy) is 2. The average molecular weight is 429 g/mol. The fourth-order valence-corrected chi connectivity index (χ4v) is 5.76. The largest absolute Gasteiger partial charge is 0.462 e. The van der Waals surface area contributed by atoms with Crippen LogP contribution < -0.4 is 11.1 Å². The van der Waals surface area contributed by atoms with E-state index in [2.05, 4.69) is 5.32 Å². The topological polar surface area (TPSA) is 108 Å². The van der Waals surface area contributed by atoms with Crippen LogP contribution >= 0.6 is 0 Å². The maximum absolute atomic E-state index is 12.4. The molecule has 1 aromatic rings. The SMILES string of the molecule is N[C@@H](CCC(=O)OC1C2CC3CC(C2)CC1C3)C(=O)NCC(=O)OCc1ccccc1. The molecule has 0 aromatic heterocycles. The van der Waals surface area contributed by atoms with Gasteiger partial charge in [0.25, 0.3) is 0 Å². The van der Waals surface area contributed by atoms with Crippen LogP contribution in [0, 0.1) is 23.7 Å². The fraction of sp³-hybridized carbons (Fsp3) is 0.625. The van der Waals surface area contributed by atoms with Crippen LogP contribution in [-0.4, -0.2) is 36.5 Å². The van der Waals surface area contributed by atoms with Gasteiger partial charge in [0.15, 0.2) is 0 Å². The zero-order valence-corrected chi connectivity index (χ0v) is 17.8. The monoisotopic (exact) mass is 428 g/mol. The second kappa shape index (κ2) is 9.81. The lowest BCUT2D eigenvalue weighted by Crippen LogP contribution is -2.50. The molecule has 0 heterocycles. The van der Waals surface area contributed by atoms with Gasteiger partial charge in [-0.3, -0.25) is 14.4 Å². The number of rotatable bonds is 9. The highest BCUT2D eigenvalue weighted by Gasteiger charge is 2.49. The number of hydrogen-bond acceptors (Lipinski definition) is 6. The minimum Gasteiger partial charge on any atom is -0.462 e. The van der Waals surface area contributed by atoms with E-state index in [4.69, 9.17) is 15.2 Å². The summed E-state index contributed by atoms with van der Waals surface area (Å²) in [6.07, 6.45) is 6.45. The predicted octanol–water partition coefficient (Wildman–Crippen LogP) is 2.32. The molecule has 4 bridgehead atoms. The van der Waals surface area contributed by atoms with E-state index in [1.807, 2.05) is 30.3 Å². The Morgan fingerprint density at radius 3 is 2.26 bits per heavy atom. The van der Waals surface area contributed by atoms with Crippen molar-refractivity contribution in [2.45, 2.75) is 63.7 Å². The van der Waals surface area contributed by atoms with Crippen molar-refractivity contribution in [3.05, 3.63) is 35.9 Å². The van der Waals surface area contributed by atoms with E-state index in [0.29, 0.717) is 11.8 Å². The molecule has 0 aliphatic heterocycles. The molecule has 5 rings (SSSR count). The Kier molecular flexibility index (Phi) is 6.90. The molecular weight excluding hydrogens is 396 g/mol. The first-order valence-corrected chi connectivity index (χ1v) is 11.4. The molecule has 3 N–H and O–H groups in total. The fourth-order valence-electron chi connectivity index (χ4n) is 5.76. The maximum Gasteiger partial charge on any atom is 0.325 e. The Hall–Kier alpha value is -2.41. The van der Waals surface area contributed by atoms with Crippen molar-refractivity contribution >= 4 is 17.8 Å².